The molecule has 2 aromatic rings. The molecule has 0 radical (unpaired) electrons. The summed E-state index contributed by atoms with van der Waals surface area (Å²) in [4.78, 5) is 17.2. The lowest BCUT2D eigenvalue weighted by molar-refractivity contribution is -0.120. The van der Waals surface area contributed by atoms with E-state index in [4.69, 9.17) is 4.74 Å². The van der Waals surface area contributed by atoms with Gasteiger partial charge in [0.1, 0.15) is 0 Å². The molecule has 0 saturated carbocycles. The normalized spacial score (nSPS) is 15.5. The van der Waals surface area contributed by atoms with Crippen LogP contribution in [0.25, 0.3) is 0 Å². The molecular formula is C23H31N3O2. The van der Waals surface area contributed by atoms with Gasteiger partial charge in [0.2, 0.25) is 5.91 Å². The van der Waals surface area contributed by atoms with Crippen molar-refractivity contribution in [1.82, 2.24) is 4.90 Å². The fourth-order valence-corrected chi connectivity index (χ4v) is 3.43. The van der Waals surface area contributed by atoms with Crippen LogP contribution in [0.4, 0.5) is 11.4 Å². The average molecular weight is 382 g/mol. The summed E-state index contributed by atoms with van der Waals surface area (Å²) in [5.41, 5.74) is 4.58. The standard InChI is InChI=1S/C23H31N3O2/c1-4-19-9-11-21(12-10-19)24-23(27)18(2)25(3)17-20-7-5-6-8-22(20)26-13-15-28-16-14-26/h5-12,18H,4,13-17H2,1-3H3,(H,24,27)/t18-/m1/s1. The van der Waals surface area contributed by atoms with Crippen molar-refractivity contribution in [2.75, 3.05) is 43.6 Å². The summed E-state index contributed by atoms with van der Waals surface area (Å²) >= 11 is 0. The lowest BCUT2D eigenvalue weighted by Crippen LogP contribution is -2.40. The van der Waals surface area contributed by atoms with Crippen molar-refractivity contribution in [3.8, 4) is 0 Å². The molecule has 1 N–H and O–H groups in total. The Kier molecular flexibility index (Phi) is 7.06. The van der Waals surface area contributed by atoms with Crippen LogP contribution in [-0.2, 0) is 22.5 Å². The number of anilines is 2. The van der Waals surface area contributed by atoms with Gasteiger partial charge in [-0.05, 0) is 49.7 Å². The average Bonchev–Trinajstić information content (AvgIpc) is 2.74. The zero-order valence-corrected chi connectivity index (χ0v) is 17.1. The van der Waals surface area contributed by atoms with Crippen molar-refractivity contribution in [3.05, 3.63) is 59.7 Å². The number of carbonyl (C=O) groups is 1. The lowest BCUT2D eigenvalue weighted by atomic mass is 10.1. The first-order valence-electron chi connectivity index (χ1n) is 10.1. The number of hydrogen-bond acceptors (Lipinski definition) is 4. The highest BCUT2D eigenvalue weighted by Crippen LogP contribution is 2.23. The Morgan fingerprint density at radius 1 is 1.14 bits per heavy atom. The second-order valence-electron chi connectivity index (χ2n) is 7.36. The Morgan fingerprint density at radius 2 is 1.82 bits per heavy atom. The molecule has 0 spiro atoms. The maximum atomic E-state index is 12.7. The Balaban J connectivity index is 1.63. The van der Waals surface area contributed by atoms with Gasteiger partial charge in [-0.15, -0.1) is 0 Å². The maximum Gasteiger partial charge on any atom is 0.241 e. The van der Waals surface area contributed by atoms with Crippen molar-refractivity contribution in [2.45, 2.75) is 32.9 Å². The number of nitrogens with zero attached hydrogens (tertiary/aromatic N) is 2. The summed E-state index contributed by atoms with van der Waals surface area (Å²) in [5, 5.41) is 3.03. The van der Waals surface area contributed by atoms with Gasteiger partial charge in [0.25, 0.3) is 0 Å². The molecule has 0 unspecified atom stereocenters. The van der Waals surface area contributed by atoms with Gasteiger partial charge >= 0.3 is 0 Å². The van der Waals surface area contributed by atoms with E-state index in [1.165, 1.54) is 16.8 Å². The summed E-state index contributed by atoms with van der Waals surface area (Å²) in [6.45, 7) is 8.14. The molecule has 0 aliphatic carbocycles. The van der Waals surface area contributed by atoms with Crippen LogP contribution >= 0.6 is 0 Å². The summed E-state index contributed by atoms with van der Waals surface area (Å²) < 4.78 is 5.48. The van der Waals surface area contributed by atoms with E-state index < -0.39 is 0 Å². The van der Waals surface area contributed by atoms with Crippen LogP contribution in [0.3, 0.4) is 0 Å². The number of aryl methyl sites for hydroxylation is 1. The zero-order valence-electron chi connectivity index (χ0n) is 17.1. The summed E-state index contributed by atoms with van der Waals surface area (Å²) in [7, 11) is 2.00. The van der Waals surface area contributed by atoms with Crippen molar-refractivity contribution >= 4 is 17.3 Å². The third kappa shape index (κ3) is 5.12. The highest BCUT2D eigenvalue weighted by Gasteiger charge is 2.21. The van der Waals surface area contributed by atoms with Crippen LogP contribution in [0.5, 0.6) is 0 Å². The van der Waals surface area contributed by atoms with Crippen molar-refractivity contribution in [1.29, 1.82) is 0 Å². The van der Waals surface area contributed by atoms with E-state index in [1.54, 1.807) is 0 Å². The van der Waals surface area contributed by atoms with E-state index in [0.29, 0.717) is 0 Å². The molecule has 2 aromatic carbocycles. The van der Waals surface area contributed by atoms with E-state index in [1.807, 2.05) is 26.1 Å². The third-order valence-electron chi connectivity index (χ3n) is 5.43. The minimum Gasteiger partial charge on any atom is -0.378 e. The fraction of sp³-hybridized carbons (Fsp3) is 0.435. The van der Waals surface area contributed by atoms with Gasteiger partial charge in [0.05, 0.1) is 19.3 Å². The molecule has 1 heterocycles. The van der Waals surface area contributed by atoms with Crippen LogP contribution in [-0.4, -0.2) is 50.2 Å². The monoisotopic (exact) mass is 381 g/mol. The molecule has 5 heteroatoms. The molecule has 1 fully saturated rings. The molecule has 1 atom stereocenters. The summed E-state index contributed by atoms with van der Waals surface area (Å²) in [5.74, 6) is 0.00982. The molecule has 3 rings (SSSR count). The predicted octanol–water partition coefficient (Wildman–Crippen LogP) is 3.54. The van der Waals surface area contributed by atoms with Gasteiger partial charge in [-0.2, -0.15) is 0 Å². The number of carbonyl (C=O) groups excluding carboxylic acids is 1. The van der Waals surface area contributed by atoms with Crippen molar-refractivity contribution in [3.63, 3.8) is 0 Å². The van der Waals surface area contributed by atoms with E-state index >= 15 is 0 Å². The summed E-state index contributed by atoms with van der Waals surface area (Å²) in [6.07, 6.45) is 0.996. The topological polar surface area (TPSA) is 44.8 Å². The van der Waals surface area contributed by atoms with Crippen LogP contribution in [0.2, 0.25) is 0 Å². The first-order chi connectivity index (χ1) is 13.6. The molecule has 150 valence electrons. The third-order valence-corrected chi connectivity index (χ3v) is 5.43. The number of hydrogen-bond donors (Lipinski definition) is 1. The molecule has 1 saturated heterocycles. The highest BCUT2D eigenvalue weighted by molar-refractivity contribution is 5.94. The van der Waals surface area contributed by atoms with E-state index in [-0.39, 0.29) is 11.9 Å². The molecule has 0 aromatic heterocycles. The first kappa shape index (κ1) is 20.4. The van der Waals surface area contributed by atoms with Crippen molar-refractivity contribution < 1.29 is 9.53 Å². The molecule has 1 aliphatic rings. The fourth-order valence-electron chi connectivity index (χ4n) is 3.43. The van der Waals surface area contributed by atoms with E-state index in [0.717, 1.165) is 45.0 Å². The van der Waals surface area contributed by atoms with Crippen LogP contribution in [0, 0.1) is 0 Å². The number of rotatable bonds is 7. The number of ether oxygens (including phenoxy) is 1. The van der Waals surface area contributed by atoms with Gasteiger partial charge in [-0.3, -0.25) is 9.69 Å². The second kappa shape index (κ2) is 9.71. The number of amides is 1. The minimum absolute atomic E-state index is 0.00982. The largest absolute Gasteiger partial charge is 0.378 e. The summed E-state index contributed by atoms with van der Waals surface area (Å²) in [6, 6.07) is 16.3. The predicted molar refractivity (Wildman–Crippen MR) is 115 cm³/mol. The Morgan fingerprint density at radius 3 is 2.50 bits per heavy atom. The quantitative estimate of drug-likeness (QED) is 0.797. The lowest BCUT2D eigenvalue weighted by Gasteiger charge is -2.32. The molecule has 1 amide bonds. The van der Waals surface area contributed by atoms with Crippen LogP contribution in [0.1, 0.15) is 25.0 Å². The van der Waals surface area contributed by atoms with Crippen molar-refractivity contribution in [2.24, 2.45) is 0 Å². The molecule has 0 bridgehead atoms. The number of benzene rings is 2. The first-order valence-corrected chi connectivity index (χ1v) is 10.1. The number of morpholine rings is 1. The van der Waals surface area contributed by atoms with Crippen LogP contribution < -0.4 is 10.2 Å². The minimum atomic E-state index is -0.233. The molecule has 5 nitrogen and oxygen atoms in total. The SMILES string of the molecule is CCc1ccc(NC(=O)[C@@H](C)N(C)Cc2ccccc2N2CCOCC2)cc1. The van der Waals surface area contributed by atoms with Gasteiger partial charge < -0.3 is 15.0 Å². The molecule has 28 heavy (non-hydrogen) atoms. The zero-order chi connectivity index (χ0) is 19.9. The number of para-hydroxylation sites is 1. The van der Waals surface area contributed by atoms with E-state index in [9.17, 15) is 4.79 Å². The van der Waals surface area contributed by atoms with Gasteiger partial charge in [-0.25, -0.2) is 0 Å². The van der Waals surface area contributed by atoms with Gasteiger partial charge in [-0.1, -0.05) is 37.3 Å². The molecular weight excluding hydrogens is 350 g/mol. The maximum absolute atomic E-state index is 12.7. The van der Waals surface area contributed by atoms with Gasteiger partial charge in [0, 0.05) is 31.0 Å². The second-order valence-corrected chi connectivity index (χ2v) is 7.36. The number of nitrogens with one attached hydrogen (secondary N) is 1. The Bertz CT molecular complexity index is 770. The Hall–Kier alpha value is -2.37. The Labute approximate surface area is 168 Å². The van der Waals surface area contributed by atoms with Gasteiger partial charge in [0.15, 0.2) is 0 Å². The highest BCUT2D eigenvalue weighted by atomic mass is 16.5. The molecule has 1 aliphatic heterocycles. The smallest absolute Gasteiger partial charge is 0.241 e. The van der Waals surface area contributed by atoms with Crippen LogP contribution in [0.15, 0.2) is 48.5 Å². The number of likely N-dealkylation sites (N-methyl/N-ethyl adjacent to an activating group) is 1. The van der Waals surface area contributed by atoms with E-state index in [2.05, 4.69) is 58.4 Å².